The molecule has 26 heavy (non-hydrogen) atoms. The van der Waals surface area contributed by atoms with Crippen LogP contribution in [0.2, 0.25) is 0 Å². The van der Waals surface area contributed by atoms with Gasteiger partial charge < -0.3 is 9.73 Å². The molecule has 0 bridgehead atoms. The molecule has 0 spiro atoms. The van der Waals surface area contributed by atoms with Crippen LogP contribution >= 0.6 is 0 Å². The monoisotopic (exact) mass is 343 g/mol. The summed E-state index contributed by atoms with van der Waals surface area (Å²) in [6.07, 6.45) is 6.70. The van der Waals surface area contributed by atoms with Gasteiger partial charge in [-0.05, 0) is 42.3 Å². The first-order valence-electron chi connectivity index (χ1n) is 9.13. The fraction of sp³-hybridized carbons (Fsp3) is 0.227. The van der Waals surface area contributed by atoms with Gasteiger partial charge in [-0.25, -0.2) is 0 Å². The third-order valence-corrected chi connectivity index (χ3v) is 5.24. The van der Waals surface area contributed by atoms with E-state index in [2.05, 4.69) is 57.7 Å². The van der Waals surface area contributed by atoms with Crippen LogP contribution < -0.4 is 5.32 Å². The molecule has 2 aromatic heterocycles. The molecule has 1 saturated heterocycles. The van der Waals surface area contributed by atoms with Crippen molar-refractivity contribution in [3.8, 4) is 0 Å². The Morgan fingerprint density at radius 2 is 2.12 bits per heavy atom. The van der Waals surface area contributed by atoms with Gasteiger partial charge in [0.05, 0.1) is 6.26 Å². The minimum atomic E-state index is 0.478. The van der Waals surface area contributed by atoms with E-state index in [0.717, 1.165) is 31.6 Å². The molecule has 4 nitrogen and oxygen atoms in total. The van der Waals surface area contributed by atoms with Crippen LogP contribution in [0.1, 0.15) is 12.0 Å². The van der Waals surface area contributed by atoms with Crippen molar-refractivity contribution in [1.29, 1.82) is 0 Å². The maximum absolute atomic E-state index is 5.43. The molecule has 0 amide bonds. The highest BCUT2D eigenvalue weighted by Gasteiger charge is 2.22. The van der Waals surface area contributed by atoms with Gasteiger partial charge in [-0.3, -0.25) is 9.88 Å². The average molecular weight is 343 g/mol. The summed E-state index contributed by atoms with van der Waals surface area (Å²) >= 11 is 0. The van der Waals surface area contributed by atoms with Gasteiger partial charge in [0.1, 0.15) is 5.58 Å². The van der Waals surface area contributed by atoms with Crippen LogP contribution in [0, 0.1) is 0 Å². The molecule has 1 N–H and O–H groups in total. The molecular formula is C22H21N3O. The number of fused-ring (bicyclic) bond motifs is 2. The first-order chi connectivity index (χ1) is 12.8. The summed E-state index contributed by atoms with van der Waals surface area (Å²) < 4.78 is 5.43. The van der Waals surface area contributed by atoms with Crippen molar-refractivity contribution in [1.82, 2.24) is 9.88 Å². The molecular weight excluding hydrogens is 322 g/mol. The van der Waals surface area contributed by atoms with E-state index in [1.54, 1.807) is 6.26 Å². The number of anilines is 1. The van der Waals surface area contributed by atoms with E-state index in [0.29, 0.717) is 6.04 Å². The van der Waals surface area contributed by atoms with Gasteiger partial charge in [0, 0.05) is 59.9 Å². The third kappa shape index (κ3) is 2.93. The fourth-order valence-corrected chi connectivity index (χ4v) is 3.94. The van der Waals surface area contributed by atoms with Crippen LogP contribution in [0.5, 0.6) is 0 Å². The highest BCUT2D eigenvalue weighted by molar-refractivity contribution is 5.93. The van der Waals surface area contributed by atoms with Crippen LogP contribution in [-0.4, -0.2) is 29.0 Å². The molecule has 1 atom stereocenters. The number of nitrogens with zero attached hydrogens (tertiary/aromatic N) is 2. The first kappa shape index (κ1) is 15.4. The van der Waals surface area contributed by atoms with E-state index in [1.807, 2.05) is 18.5 Å². The lowest BCUT2D eigenvalue weighted by Gasteiger charge is -2.18. The summed E-state index contributed by atoms with van der Waals surface area (Å²) in [6, 6.07) is 17.4. The van der Waals surface area contributed by atoms with E-state index in [1.165, 1.54) is 27.4 Å². The van der Waals surface area contributed by atoms with Crippen LogP contribution in [0.4, 0.5) is 5.69 Å². The van der Waals surface area contributed by atoms with Crippen LogP contribution in [0.15, 0.2) is 71.6 Å². The summed E-state index contributed by atoms with van der Waals surface area (Å²) in [7, 11) is 0. The van der Waals surface area contributed by atoms with Crippen molar-refractivity contribution in [2.45, 2.75) is 19.0 Å². The van der Waals surface area contributed by atoms with Gasteiger partial charge in [-0.2, -0.15) is 0 Å². The number of hydrogen-bond acceptors (Lipinski definition) is 4. The number of likely N-dealkylation sites (tertiary alicyclic amines) is 1. The number of aromatic nitrogens is 1. The number of rotatable bonds is 4. The summed E-state index contributed by atoms with van der Waals surface area (Å²) in [5.74, 6) is 0. The predicted octanol–water partition coefficient (Wildman–Crippen LogP) is 4.67. The van der Waals surface area contributed by atoms with Crippen molar-refractivity contribution < 1.29 is 4.42 Å². The first-order valence-corrected chi connectivity index (χ1v) is 9.13. The number of hydrogen-bond donors (Lipinski definition) is 1. The van der Waals surface area contributed by atoms with Crippen molar-refractivity contribution >= 4 is 27.4 Å². The summed E-state index contributed by atoms with van der Waals surface area (Å²) in [4.78, 5) is 6.74. The Bertz CT molecular complexity index is 1050. The van der Waals surface area contributed by atoms with Gasteiger partial charge in [-0.15, -0.1) is 0 Å². The number of pyridine rings is 1. The Morgan fingerprint density at radius 3 is 3.12 bits per heavy atom. The molecule has 4 heteroatoms. The fourth-order valence-electron chi connectivity index (χ4n) is 3.94. The van der Waals surface area contributed by atoms with E-state index in [4.69, 9.17) is 4.42 Å². The number of benzene rings is 2. The summed E-state index contributed by atoms with van der Waals surface area (Å²) in [6.45, 7) is 3.16. The summed E-state index contributed by atoms with van der Waals surface area (Å²) in [5.41, 5.74) is 3.51. The Kier molecular flexibility index (Phi) is 3.83. The SMILES string of the molecule is c1cc(N[C@@H]2CCN(Cc3ccc4occc4c3)C2)c2ccncc2c1. The Morgan fingerprint density at radius 1 is 1.12 bits per heavy atom. The van der Waals surface area contributed by atoms with Gasteiger partial charge >= 0.3 is 0 Å². The Labute approximate surface area is 152 Å². The predicted molar refractivity (Wildman–Crippen MR) is 105 cm³/mol. The average Bonchev–Trinajstić information content (AvgIpc) is 3.31. The molecule has 0 unspecified atom stereocenters. The largest absolute Gasteiger partial charge is 0.464 e. The molecule has 1 aliphatic rings. The molecule has 1 aliphatic heterocycles. The van der Waals surface area contributed by atoms with Gasteiger partial charge in [0.25, 0.3) is 0 Å². The molecule has 1 fully saturated rings. The third-order valence-electron chi connectivity index (χ3n) is 5.24. The highest BCUT2D eigenvalue weighted by Crippen LogP contribution is 2.25. The second-order valence-corrected chi connectivity index (χ2v) is 7.06. The van der Waals surface area contributed by atoms with Gasteiger partial charge in [-0.1, -0.05) is 18.2 Å². The molecule has 5 rings (SSSR count). The molecule has 0 aliphatic carbocycles. The Hall–Kier alpha value is -2.85. The van der Waals surface area contributed by atoms with Gasteiger partial charge in [0.15, 0.2) is 0 Å². The molecule has 4 aromatic rings. The maximum Gasteiger partial charge on any atom is 0.133 e. The lowest BCUT2D eigenvalue weighted by atomic mass is 10.1. The van der Waals surface area contributed by atoms with Crippen molar-refractivity contribution in [3.63, 3.8) is 0 Å². The minimum Gasteiger partial charge on any atom is -0.464 e. The smallest absolute Gasteiger partial charge is 0.133 e. The van der Waals surface area contributed by atoms with E-state index in [9.17, 15) is 0 Å². The molecule has 2 aromatic carbocycles. The lowest BCUT2D eigenvalue weighted by Crippen LogP contribution is -2.26. The lowest BCUT2D eigenvalue weighted by molar-refractivity contribution is 0.329. The quantitative estimate of drug-likeness (QED) is 0.585. The van der Waals surface area contributed by atoms with Gasteiger partial charge in [0.2, 0.25) is 0 Å². The second-order valence-electron chi connectivity index (χ2n) is 7.06. The van der Waals surface area contributed by atoms with Crippen molar-refractivity contribution in [3.05, 3.63) is 72.8 Å². The zero-order valence-corrected chi connectivity index (χ0v) is 14.6. The maximum atomic E-state index is 5.43. The Balaban J connectivity index is 1.28. The topological polar surface area (TPSA) is 41.3 Å². The van der Waals surface area contributed by atoms with E-state index >= 15 is 0 Å². The summed E-state index contributed by atoms with van der Waals surface area (Å²) in [5, 5.41) is 7.35. The molecule has 3 heterocycles. The van der Waals surface area contributed by atoms with E-state index in [-0.39, 0.29) is 0 Å². The van der Waals surface area contributed by atoms with Crippen LogP contribution in [0.25, 0.3) is 21.7 Å². The number of nitrogens with one attached hydrogen (secondary N) is 1. The van der Waals surface area contributed by atoms with Crippen molar-refractivity contribution in [2.75, 3.05) is 18.4 Å². The van der Waals surface area contributed by atoms with Crippen LogP contribution in [0.3, 0.4) is 0 Å². The zero-order valence-electron chi connectivity index (χ0n) is 14.6. The van der Waals surface area contributed by atoms with E-state index < -0.39 is 0 Å². The molecule has 0 saturated carbocycles. The minimum absolute atomic E-state index is 0.478. The molecule has 130 valence electrons. The second kappa shape index (κ2) is 6.46. The molecule has 0 radical (unpaired) electrons. The van der Waals surface area contributed by atoms with Crippen LogP contribution in [-0.2, 0) is 6.54 Å². The number of furan rings is 1. The van der Waals surface area contributed by atoms with Crippen molar-refractivity contribution in [2.24, 2.45) is 0 Å². The standard InChI is InChI=1S/C22H21N3O/c1-2-18-13-23-9-6-20(18)21(3-1)24-19-7-10-25(15-19)14-16-4-5-22-17(12-16)8-11-26-22/h1-6,8-9,11-13,19,24H,7,10,14-15H2/t19-/m1/s1. The normalized spacial score (nSPS) is 17.9. The highest BCUT2D eigenvalue weighted by atomic mass is 16.3. The zero-order chi connectivity index (χ0) is 17.3.